The first-order valence-corrected chi connectivity index (χ1v) is 9.24. The van der Waals surface area contributed by atoms with E-state index in [9.17, 15) is 13.2 Å². The second-order valence-corrected chi connectivity index (χ2v) is 8.33. The van der Waals surface area contributed by atoms with E-state index in [-0.39, 0.29) is 5.91 Å². The number of carbonyl (C=O) groups excluding carboxylic acids is 1. The second kappa shape index (κ2) is 7.43. The lowest BCUT2D eigenvalue weighted by molar-refractivity contribution is 0.102. The third-order valence-corrected chi connectivity index (χ3v) is 5.81. The first kappa shape index (κ1) is 19.2. The molecule has 0 aliphatic carbocycles. The predicted octanol–water partition coefficient (Wildman–Crippen LogP) is 3.14. The number of carbonyl (C=O) groups is 1. The molecule has 0 spiro atoms. The molecule has 2 aromatic carbocycles. The lowest BCUT2D eigenvalue weighted by atomic mass is 10.1. The van der Waals surface area contributed by atoms with Crippen LogP contribution in [0.2, 0.25) is 5.02 Å². The Kier molecular flexibility index (Phi) is 5.72. The molecule has 0 aliphatic rings. The van der Waals surface area contributed by atoms with Gasteiger partial charge in [-0.05, 0) is 48.9 Å². The van der Waals surface area contributed by atoms with Gasteiger partial charge in [0.2, 0.25) is 0 Å². The molecule has 2 rings (SSSR count). The van der Waals surface area contributed by atoms with E-state index in [0.717, 1.165) is 14.2 Å². The molecule has 25 heavy (non-hydrogen) atoms. The van der Waals surface area contributed by atoms with Crippen molar-refractivity contribution in [2.75, 3.05) is 30.8 Å². The van der Waals surface area contributed by atoms with Gasteiger partial charge >= 0.3 is 10.2 Å². The van der Waals surface area contributed by atoms with Crippen molar-refractivity contribution in [1.82, 2.24) is 4.31 Å². The molecule has 0 atom stereocenters. The molecule has 8 heteroatoms. The summed E-state index contributed by atoms with van der Waals surface area (Å²) in [4.78, 5) is 12.4. The average Bonchev–Trinajstić information content (AvgIpc) is 2.57. The fourth-order valence-electron chi connectivity index (χ4n) is 2.12. The zero-order valence-electron chi connectivity index (χ0n) is 14.4. The van der Waals surface area contributed by atoms with Gasteiger partial charge in [-0.2, -0.15) is 12.7 Å². The number of aryl methyl sites for hydroxylation is 1. The van der Waals surface area contributed by atoms with E-state index >= 15 is 0 Å². The van der Waals surface area contributed by atoms with Gasteiger partial charge in [-0.1, -0.05) is 17.7 Å². The SMILES string of the molecule is Cc1ccc(Cl)cc1NC(=O)c1ccc(N(C)S(=O)(=O)N(C)C)cc1. The normalized spacial score (nSPS) is 11.4. The second-order valence-electron chi connectivity index (χ2n) is 5.72. The summed E-state index contributed by atoms with van der Waals surface area (Å²) in [7, 11) is 0.806. The number of amides is 1. The number of hydrogen-bond acceptors (Lipinski definition) is 3. The van der Waals surface area contributed by atoms with E-state index in [4.69, 9.17) is 11.6 Å². The standard InChI is InChI=1S/C17H20ClN3O3S/c1-12-5-8-14(18)11-16(12)19-17(22)13-6-9-15(10-7-13)21(4)25(23,24)20(2)3/h5-11H,1-4H3,(H,19,22). The summed E-state index contributed by atoms with van der Waals surface area (Å²) in [6.07, 6.45) is 0. The van der Waals surface area contributed by atoms with Gasteiger partial charge in [0.15, 0.2) is 0 Å². The maximum Gasteiger partial charge on any atom is 0.303 e. The molecule has 6 nitrogen and oxygen atoms in total. The molecule has 0 unspecified atom stereocenters. The summed E-state index contributed by atoms with van der Waals surface area (Å²) >= 11 is 5.95. The minimum atomic E-state index is -3.57. The van der Waals surface area contributed by atoms with Crippen molar-refractivity contribution in [3.05, 3.63) is 58.6 Å². The highest BCUT2D eigenvalue weighted by Gasteiger charge is 2.21. The predicted molar refractivity (Wildman–Crippen MR) is 102 cm³/mol. The summed E-state index contributed by atoms with van der Waals surface area (Å²) in [6, 6.07) is 11.6. The highest BCUT2D eigenvalue weighted by molar-refractivity contribution is 7.90. The molecule has 0 saturated heterocycles. The molecule has 0 bridgehead atoms. The van der Waals surface area contributed by atoms with Crippen LogP contribution < -0.4 is 9.62 Å². The van der Waals surface area contributed by atoms with Crippen LogP contribution in [0.4, 0.5) is 11.4 Å². The zero-order chi connectivity index (χ0) is 18.8. The quantitative estimate of drug-likeness (QED) is 0.864. The molecule has 0 aliphatic heterocycles. The van der Waals surface area contributed by atoms with Gasteiger partial charge in [0, 0.05) is 37.4 Å². The van der Waals surface area contributed by atoms with Crippen LogP contribution in [0.15, 0.2) is 42.5 Å². The Morgan fingerprint density at radius 1 is 1.04 bits per heavy atom. The number of hydrogen-bond donors (Lipinski definition) is 1. The Labute approximate surface area is 153 Å². The molecule has 1 amide bonds. The van der Waals surface area contributed by atoms with Crippen LogP contribution in [0.25, 0.3) is 0 Å². The van der Waals surface area contributed by atoms with Crippen LogP contribution in [0.5, 0.6) is 0 Å². The Morgan fingerprint density at radius 3 is 2.20 bits per heavy atom. The monoisotopic (exact) mass is 381 g/mol. The number of rotatable bonds is 5. The van der Waals surface area contributed by atoms with Crippen LogP contribution in [0.1, 0.15) is 15.9 Å². The van der Waals surface area contributed by atoms with Crippen LogP contribution in [-0.4, -0.2) is 39.8 Å². The van der Waals surface area contributed by atoms with Crippen LogP contribution in [-0.2, 0) is 10.2 Å². The molecular formula is C17H20ClN3O3S. The van der Waals surface area contributed by atoms with Crippen molar-refractivity contribution in [1.29, 1.82) is 0 Å². The summed E-state index contributed by atoms with van der Waals surface area (Å²) in [5.74, 6) is -0.296. The number of nitrogens with zero attached hydrogens (tertiary/aromatic N) is 2. The third kappa shape index (κ3) is 4.31. The van der Waals surface area contributed by atoms with E-state index in [2.05, 4.69) is 5.32 Å². The van der Waals surface area contributed by atoms with Crippen molar-refractivity contribution in [3.8, 4) is 0 Å². The summed E-state index contributed by atoms with van der Waals surface area (Å²) in [5.41, 5.74) is 2.41. The van der Waals surface area contributed by atoms with Gasteiger partial charge < -0.3 is 5.32 Å². The van der Waals surface area contributed by atoms with Crippen LogP contribution in [0.3, 0.4) is 0 Å². The van der Waals surface area contributed by atoms with Gasteiger partial charge in [-0.15, -0.1) is 0 Å². The Hall–Kier alpha value is -2.09. The number of anilines is 2. The molecule has 0 aromatic heterocycles. The fraction of sp³-hybridized carbons (Fsp3) is 0.235. The van der Waals surface area contributed by atoms with Gasteiger partial charge in [0.1, 0.15) is 0 Å². The topological polar surface area (TPSA) is 69.7 Å². The van der Waals surface area contributed by atoms with E-state index < -0.39 is 10.2 Å². The third-order valence-electron chi connectivity index (χ3n) is 3.75. The molecule has 0 fully saturated rings. The average molecular weight is 382 g/mol. The maximum absolute atomic E-state index is 12.4. The van der Waals surface area contributed by atoms with Crippen molar-refractivity contribution >= 4 is 39.1 Å². The highest BCUT2D eigenvalue weighted by Crippen LogP contribution is 2.22. The molecule has 134 valence electrons. The fourth-order valence-corrected chi connectivity index (χ4v) is 3.17. The summed E-state index contributed by atoms with van der Waals surface area (Å²) < 4.78 is 26.5. The van der Waals surface area contributed by atoms with Gasteiger partial charge in [-0.3, -0.25) is 9.10 Å². The molecule has 0 radical (unpaired) electrons. The highest BCUT2D eigenvalue weighted by atomic mass is 35.5. The van der Waals surface area contributed by atoms with Crippen LogP contribution >= 0.6 is 11.6 Å². The van der Waals surface area contributed by atoms with Crippen molar-refractivity contribution in [2.45, 2.75) is 6.92 Å². The minimum Gasteiger partial charge on any atom is -0.322 e. The van der Waals surface area contributed by atoms with Gasteiger partial charge in [-0.25, -0.2) is 0 Å². The lowest BCUT2D eigenvalue weighted by Gasteiger charge is -2.23. The first-order chi connectivity index (χ1) is 11.6. The minimum absolute atomic E-state index is 0.296. The number of halogens is 1. The van der Waals surface area contributed by atoms with E-state index in [1.807, 2.05) is 13.0 Å². The smallest absolute Gasteiger partial charge is 0.303 e. The Bertz CT molecular complexity index is 881. The molecular weight excluding hydrogens is 362 g/mol. The van der Waals surface area contributed by atoms with Gasteiger partial charge in [0.25, 0.3) is 5.91 Å². The van der Waals surface area contributed by atoms with E-state index in [0.29, 0.717) is 22.0 Å². The Morgan fingerprint density at radius 2 is 1.64 bits per heavy atom. The zero-order valence-corrected chi connectivity index (χ0v) is 16.0. The largest absolute Gasteiger partial charge is 0.322 e. The molecule has 0 heterocycles. The summed E-state index contributed by atoms with van der Waals surface area (Å²) in [5, 5.41) is 3.34. The first-order valence-electron chi connectivity index (χ1n) is 7.47. The van der Waals surface area contributed by atoms with Crippen molar-refractivity contribution < 1.29 is 13.2 Å². The summed E-state index contributed by atoms with van der Waals surface area (Å²) in [6.45, 7) is 1.87. The maximum atomic E-state index is 12.4. The number of nitrogens with one attached hydrogen (secondary N) is 1. The van der Waals surface area contributed by atoms with E-state index in [1.165, 1.54) is 21.1 Å². The van der Waals surface area contributed by atoms with Crippen molar-refractivity contribution in [2.24, 2.45) is 0 Å². The molecule has 2 aromatic rings. The lowest BCUT2D eigenvalue weighted by Crippen LogP contribution is -2.37. The van der Waals surface area contributed by atoms with E-state index in [1.54, 1.807) is 36.4 Å². The Balaban J connectivity index is 2.19. The number of benzene rings is 2. The molecule has 1 N–H and O–H groups in total. The molecule has 0 saturated carbocycles. The van der Waals surface area contributed by atoms with Crippen LogP contribution in [0, 0.1) is 6.92 Å². The van der Waals surface area contributed by atoms with Crippen molar-refractivity contribution in [3.63, 3.8) is 0 Å². The van der Waals surface area contributed by atoms with Gasteiger partial charge in [0.05, 0.1) is 5.69 Å².